The number of aliphatic hydroxyl groups excluding tert-OH is 3. The minimum atomic E-state index is -2.24. The van der Waals surface area contributed by atoms with E-state index in [1.54, 1.807) is 68.7 Å². The molecule has 21 rings (SSSR count). The number of esters is 1. The fourth-order valence-corrected chi connectivity index (χ4v) is 22.5. The number of carbonyl (C=O) groups is 10. The number of benzene rings is 7. The number of cyclic esters (lactones) is 1. The van der Waals surface area contributed by atoms with Crippen molar-refractivity contribution in [2.75, 3.05) is 34.4 Å². The van der Waals surface area contributed by atoms with E-state index < -0.39 is 273 Å². The maximum atomic E-state index is 13.8. The van der Waals surface area contributed by atoms with Crippen molar-refractivity contribution in [3.05, 3.63) is 218 Å². The van der Waals surface area contributed by atoms with Crippen LogP contribution in [0.2, 0.25) is 0 Å². The minimum absolute atomic E-state index is 0.00588. The van der Waals surface area contributed by atoms with E-state index >= 15 is 0 Å². The van der Waals surface area contributed by atoms with Crippen molar-refractivity contribution in [1.29, 1.82) is 0 Å². The molecule has 7 aromatic carbocycles. The van der Waals surface area contributed by atoms with Gasteiger partial charge in [0.25, 0.3) is 5.56 Å². The monoisotopic (exact) mass is 2060 g/mol. The van der Waals surface area contributed by atoms with Crippen LogP contribution < -0.4 is 27.5 Å². The summed E-state index contributed by atoms with van der Waals surface area (Å²) in [7, 11) is 5.25. The first kappa shape index (κ1) is 106. The molecule has 12 aliphatic rings. The summed E-state index contributed by atoms with van der Waals surface area (Å²) in [6.45, 7) is 9.37. The van der Waals surface area contributed by atoms with E-state index in [9.17, 15) is 129 Å². The Morgan fingerprint density at radius 3 is 1.44 bits per heavy atom. The summed E-state index contributed by atoms with van der Waals surface area (Å²) in [6.07, 6.45) is -11.0. The number of carbonyl (C=O) groups excluding carboxylic acids is 10. The van der Waals surface area contributed by atoms with Crippen LogP contribution in [0.15, 0.2) is 89.7 Å². The topological polar surface area (TPSA) is 683 Å². The normalized spacial score (nSPS) is 28.7. The van der Waals surface area contributed by atoms with Crippen molar-refractivity contribution in [1.82, 2.24) is 14.5 Å². The van der Waals surface area contributed by atoms with Crippen LogP contribution in [0, 0.1) is 0 Å². The lowest BCUT2D eigenvalue weighted by molar-refractivity contribution is -0.281. The molecule has 149 heavy (non-hydrogen) atoms. The molecule has 6 aliphatic carbocycles. The molecule has 21 N–H and O–H groups in total. The highest BCUT2D eigenvalue weighted by atomic mass is 16.7. The first-order valence-corrected chi connectivity index (χ1v) is 48.8. The lowest BCUT2D eigenvalue weighted by Crippen LogP contribution is -2.55. The van der Waals surface area contributed by atoms with Gasteiger partial charge in [-0.3, -0.25) is 47.9 Å². The molecular weight excluding hydrogens is 1950 g/mol. The van der Waals surface area contributed by atoms with Gasteiger partial charge < -0.3 is 151 Å². The van der Waals surface area contributed by atoms with Gasteiger partial charge in [0, 0.05) is 161 Å². The lowest BCUT2D eigenvalue weighted by Gasteiger charge is -2.43. The molecule has 4 unspecified atom stereocenters. The number of methoxy groups -OCH3 is 1. The average Bonchev–Trinajstić information content (AvgIpc) is 1.16. The van der Waals surface area contributed by atoms with Gasteiger partial charge in [0.1, 0.15) is 87.9 Å². The molecule has 0 radical (unpaired) electrons. The molecular formula is C107H114N6O36. The smallest absolute Gasteiger partial charge is 0.343 e. The third kappa shape index (κ3) is 18.1. The standard InChI is InChI=1S/C32H37NO12.C26H27NO10.C26H27NO9.C23H23N3O5/c1-14-31(45-21-8-3-4-9-42-21)17(33)10-22(43-14)44-19-12-32(40,20(35)13-34)11-16-24(19)30(39)26-25(28(16)37)27(36)15-6-5-7-18(41-2)23(15)29(26)38;1-9-21(30)13(27)6-16(36-9)37-15-8-26(35,10(2)28)7-12-18(15)25(34)20-19(23(12)32)22(31)11-4-3-5-14(29)17(11)24(20)33;1-10-21(29)15(27)7-17(35-10)36-16-9-26(34,11(2)28)8-14-18(16)25(33)20-19(24(14)32)22(30)12-5-3-4-6-13(12)23(20)31;1-4-23(30)17-8-19-20-15(10-26(19)21(28)16(17)11-31-22(23)29)14(9-25(2)3)13-7-12(27)5-6-18(13)24-20/h5-7,14,17,19,21-22,31,34,37,39-40H,3-4,8-13,33H2,1-2H3;3-5,9,13,15-16,21,29-30,32,34-35H,6-8,27H2,1-2H3;3-6,10,15-17,21,29,32-34H,7-9,27H2,1-2H3;5-8,27,30H,4,9-11H2,1-3H3/t14-,17-,19-,21?,22?,31+,32-;9-,13-,15-,16?,21-,26-;10-,15-,16-,17?,21+,26-;23-/m0000/s1. The van der Waals surface area contributed by atoms with Crippen LogP contribution in [0.25, 0.3) is 22.3 Å². The number of hydrogen-bond acceptors (Lipinski definition) is 41. The Balaban J connectivity index is 0.000000131. The Morgan fingerprint density at radius 2 is 0.973 bits per heavy atom. The van der Waals surface area contributed by atoms with E-state index in [0.29, 0.717) is 47.7 Å². The number of nitrogens with zero attached hydrogens (tertiary/aromatic N) is 3. The largest absolute Gasteiger partial charge is 0.508 e. The van der Waals surface area contributed by atoms with Gasteiger partial charge in [0.05, 0.1) is 129 Å². The summed E-state index contributed by atoms with van der Waals surface area (Å²) in [6, 6.07) is 19.2. The van der Waals surface area contributed by atoms with Gasteiger partial charge in [-0.25, -0.2) is 9.78 Å². The molecule has 20 atom stereocenters. The second kappa shape index (κ2) is 40.0. The Hall–Kier alpha value is -13.2. The molecule has 8 heterocycles. The van der Waals surface area contributed by atoms with Crippen molar-refractivity contribution in [2.45, 2.75) is 265 Å². The zero-order valence-corrected chi connectivity index (χ0v) is 82.4. The number of phenolic OH excluding ortho intramolecular Hbond substituents is 8. The number of aromatic hydroxyl groups is 8. The SMILES string of the molecule is CC(=O)[C@]1(O)Cc2c(O)c3c(c(O)c2[C@@H](OC2C[C@H](N)[C@@H](O)[C@H](C)O2)C1)C(=O)c1c(O)cccc1C3=O.CC(=O)[C@]1(O)Cc2c(O)c3c(c(O)c2[C@@H](OC2C[C@H](N)[C@H](O)[C@H](C)O2)C1)C(=O)c1ccccc1C3=O.CC[C@@]1(O)C(=O)OCc2c1cc1n(c2=O)Cc2c-1nc1ccc(O)cc1c2CN(C)C.COc1cccc2c1C(=O)c1c(O)c3c(c(O)c1C2=O)C[C@@](O)(C(=O)CO)C[C@@H]3OC1C[C@H](N)[C@H](OC2CCCCO2)[C@H](C)O1. The summed E-state index contributed by atoms with van der Waals surface area (Å²) < 4.78 is 59.7. The molecule has 0 saturated carbocycles. The Labute approximate surface area is 849 Å². The summed E-state index contributed by atoms with van der Waals surface area (Å²) in [5.74, 6) is -11.4. The van der Waals surface area contributed by atoms with Gasteiger partial charge >= 0.3 is 5.97 Å². The molecule has 9 aromatic rings. The third-order valence-corrected chi connectivity index (χ3v) is 30.6. The van der Waals surface area contributed by atoms with Crippen LogP contribution in [0.5, 0.6) is 51.7 Å². The van der Waals surface area contributed by atoms with Gasteiger partial charge in [-0.1, -0.05) is 55.5 Å². The number of nitrogens with two attached hydrogens (primary N) is 3. The number of ketones is 9. The van der Waals surface area contributed by atoms with Gasteiger partial charge in [0.15, 0.2) is 71.2 Å². The van der Waals surface area contributed by atoms with Crippen LogP contribution >= 0.6 is 0 Å². The number of Topliss-reactive ketones (excluding diaryl/α,β-unsaturated/α-hetero) is 3. The summed E-state index contributed by atoms with van der Waals surface area (Å²) in [5.41, 5.74) is 11.0. The second-order valence-electron chi connectivity index (χ2n) is 40.3. The third-order valence-electron chi connectivity index (χ3n) is 30.6. The number of pyridine rings is 2. The number of ether oxygens (including phenoxy) is 10. The average molecular weight is 2060 g/mol. The van der Waals surface area contributed by atoms with Crippen LogP contribution in [0.1, 0.15) is 275 Å². The van der Waals surface area contributed by atoms with E-state index in [-0.39, 0.29) is 140 Å². The molecule has 42 heteroatoms. The van der Waals surface area contributed by atoms with Gasteiger partial charge in [0.2, 0.25) is 11.6 Å². The van der Waals surface area contributed by atoms with Gasteiger partial charge in [-0.2, -0.15) is 0 Å². The Bertz CT molecular complexity index is 7160. The van der Waals surface area contributed by atoms with E-state index in [1.807, 2.05) is 19.0 Å². The number of phenols is 8. The van der Waals surface area contributed by atoms with Crippen LogP contribution in [0.4, 0.5) is 0 Å². The van der Waals surface area contributed by atoms with E-state index in [1.165, 1.54) is 62.6 Å². The van der Waals surface area contributed by atoms with Crippen LogP contribution in [-0.2, 0) is 106 Å². The summed E-state index contributed by atoms with van der Waals surface area (Å²) >= 11 is 0. The van der Waals surface area contributed by atoms with Crippen molar-refractivity contribution in [3.63, 3.8) is 0 Å². The quantitative estimate of drug-likeness (QED) is 0.0439. The molecule has 0 amide bonds. The van der Waals surface area contributed by atoms with E-state index in [4.69, 9.17) is 69.6 Å². The lowest BCUT2D eigenvalue weighted by atomic mass is 9.72. The Morgan fingerprint density at radius 1 is 0.517 bits per heavy atom. The maximum Gasteiger partial charge on any atom is 0.343 e. The van der Waals surface area contributed by atoms with Crippen molar-refractivity contribution >= 4 is 68.9 Å². The maximum absolute atomic E-state index is 13.8. The van der Waals surface area contributed by atoms with Crippen LogP contribution in [-0.4, -0.2) is 280 Å². The molecule has 0 bridgehead atoms. The predicted octanol–water partition coefficient (Wildman–Crippen LogP) is 5.15. The first-order valence-electron chi connectivity index (χ1n) is 48.8. The highest BCUT2D eigenvalue weighted by Gasteiger charge is 2.56. The fraction of sp³-hybridized carbons (Fsp3) is 0.439. The molecule has 0 spiro atoms. The van der Waals surface area contributed by atoms with Gasteiger partial charge in [-0.05, 0) is 116 Å². The van der Waals surface area contributed by atoms with Crippen LogP contribution in [0.3, 0.4) is 0 Å². The molecule has 4 fully saturated rings. The number of aromatic nitrogens is 2. The molecule has 2 aromatic heterocycles. The highest BCUT2D eigenvalue weighted by Crippen LogP contribution is 2.58. The number of fused-ring (bicyclic) bond motifs is 14. The summed E-state index contributed by atoms with van der Waals surface area (Å²) in [5, 5.41) is 164. The Kier molecular flexibility index (Phi) is 28.4. The minimum Gasteiger partial charge on any atom is -0.508 e. The predicted molar refractivity (Wildman–Crippen MR) is 517 cm³/mol. The van der Waals surface area contributed by atoms with E-state index in [0.717, 1.165) is 42.7 Å². The van der Waals surface area contributed by atoms with Gasteiger partial charge in [-0.15, -0.1) is 0 Å². The first-order chi connectivity index (χ1) is 70.5. The molecule has 6 aliphatic heterocycles. The van der Waals surface area contributed by atoms with Crippen molar-refractivity contribution in [3.8, 4) is 63.1 Å². The molecule has 4 saturated heterocycles. The van der Waals surface area contributed by atoms with E-state index in [2.05, 4.69) is 0 Å². The number of rotatable bonds is 16. The highest BCUT2D eigenvalue weighted by molar-refractivity contribution is 6.33. The molecule has 788 valence electrons. The summed E-state index contributed by atoms with van der Waals surface area (Å²) in [4.78, 5) is 151. The second-order valence-corrected chi connectivity index (χ2v) is 40.3. The zero-order chi connectivity index (χ0) is 107. The molecule has 42 nitrogen and oxygen atoms in total. The number of hydrogen-bond donors (Lipinski definition) is 18. The zero-order valence-electron chi connectivity index (χ0n) is 82.4. The van der Waals surface area contributed by atoms with Crippen molar-refractivity contribution in [2.24, 2.45) is 17.2 Å². The number of aliphatic hydroxyl groups is 7. The van der Waals surface area contributed by atoms with Crippen molar-refractivity contribution < 1.29 is 172 Å². The fourth-order valence-electron chi connectivity index (χ4n) is 22.5.